The summed E-state index contributed by atoms with van der Waals surface area (Å²) in [6.45, 7) is 20.1. The van der Waals surface area contributed by atoms with Gasteiger partial charge in [0.05, 0.1) is 12.0 Å². The highest BCUT2D eigenvalue weighted by molar-refractivity contribution is 7.89. The van der Waals surface area contributed by atoms with Crippen LogP contribution in [0, 0.1) is 6.92 Å². The number of allylic oxidation sites excluding steroid dienone is 5. The zero-order valence-corrected chi connectivity index (χ0v) is 25.2. The van der Waals surface area contributed by atoms with Crippen molar-refractivity contribution in [3.05, 3.63) is 59.8 Å². The molecule has 0 bridgehead atoms. The highest BCUT2D eigenvalue weighted by Crippen LogP contribution is 2.25. The first-order chi connectivity index (χ1) is 16.8. The molecule has 0 spiro atoms. The van der Waals surface area contributed by atoms with Crippen LogP contribution in [0.5, 0.6) is 5.75 Å². The first-order valence-corrected chi connectivity index (χ1v) is 14.0. The molecule has 0 unspecified atom stereocenters. The molecule has 2 rings (SSSR count). The number of ether oxygens (including phenoxy) is 2. The second-order valence-electron chi connectivity index (χ2n) is 6.53. The Hall–Kier alpha value is -2.09. The van der Waals surface area contributed by atoms with Crippen LogP contribution < -0.4 is 4.74 Å². The maximum Gasteiger partial charge on any atom is 0.243 e. The van der Waals surface area contributed by atoms with E-state index in [4.69, 9.17) is 4.74 Å². The second kappa shape index (κ2) is 23.6. The minimum Gasteiger partial charge on any atom is -0.496 e. The molecule has 1 aromatic carbocycles. The lowest BCUT2D eigenvalue weighted by atomic mass is 10.2. The molecule has 6 nitrogen and oxygen atoms in total. The zero-order chi connectivity index (χ0) is 27.9. The van der Waals surface area contributed by atoms with Crippen molar-refractivity contribution in [2.75, 3.05) is 47.5 Å². The number of nitrogens with zero attached hydrogens (tertiary/aromatic N) is 2. The van der Waals surface area contributed by atoms with Gasteiger partial charge in [0.25, 0.3) is 0 Å². The molecular formula is C28H52N2O4S. The van der Waals surface area contributed by atoms with Gasteiger partial charge in [-0.3, -0.25) is 0 Å². The van der Waals surface area contributed by atoms with Crippen molar-refractivity contribution < 1.29 is 17.9 Å². The van der Waals surface area contributed by atoms with Crippen molar-refractivity contribution in [1.82, 2.24) is 9.21 Å². The van der Waals surface area contributed by atoms with Crippen LogP contribution in [-0.4, -0.2) is 65.1 Å². The molecule has 1 heterocycles. The minimum absolute atomic E-state index is 0.285. The maximum absolute atomic E-state index is 12.9. The molecule has 1 aromatic rings. The van der Waals surface area contributed by atoms with Crippen LogP contribution in [0.1, 0.15) is 61.0 Å². The van der Waals surface area contributed by atoms with Gasteiger partial charge in [0.2, 0.25) is 10.0 Å². The van der Waals surface area contributed by atoms with E-state index >= 15 is 0 Å². The van der Waals surface area contributed by atoms with Crippen molar-refractivity contribution >= 4 is 10.0 Å². The lowest BCUT2D eigenvalue weighted by molar-refractivity contribution is 0.233. The largest absolute Gasteiger partial charge is 0.496 e. The van der Waals surface area contributed by atoms with Crippen molar-refractivity contribution in [2.45, 2.75) is 67.2 Å². The van der Waals surface area contributed by atoms with Crippen LogP contribution in [0.3, 0.4) is 0 Å². The van der Waals surface area contributed by atoms with Crippen LogP contribution in [-0.2, 0) is 14.8 Å². The topological polar surface area (TPSA) is 59.1 Å². The SMILES string of the molecule is CC.CC.CC.COC.C\C=C/C=C\C(=C/C)N1CCN(S(=O)(=O)c2ccc(C)c(OC)c2)CC1. The van der Waals surface area contributed by atoms with E-state index in [0.29, 0.717) is 31.9 Å². The molecule has 0 aliphatic carbocycles. The zero-order valence-electron chi connectivity index (χ0n) is 24.4. The summed E-state index contributed by atoms with van der Waals surface area (Å²) in [7, 11) is 1.29. The highest BCUT2D eigenvalue weighted by atomic mass is 32.2. The Morgan fingerprint density at radius 3 is 1.83 bits per heavy atom. The lowest BCUT2D eigenvalue weighted by Crippen LogP contribution is -2.47. The molecule has 0 atom stereocenters. The average Bonchev–Trinajstić information content (AvgIpc) is 2.91. The highest BCUT2D eigenvalue weighted by Gasteiger charge is 2.29. The third-order valence-electron chi connectivity index (χ3n) is 4.49. The average molecular weight is 513 g/mol. The van der Waals surface area contributed by atoms with Crippen molar-refractivity contribution in [2.24, 2.45) is 0 Å². The fourth-order valence-corrected chi connectivity index (χ4v) is 4.38. The summed E-state index contributed by atoms with van der Waals surface area (Å²) in [5.41, 5.74) is 2.03. The summed E-state index contributed by atoms with van der Waals surface area (Å²) in [4.78, 5) is 2.49. The van der Waals surface area contributed by atoms with Gasteiger partial charge in [0, 0.05) is 52.2 Å². The van der Waals surface area contributed by atoms with Crippen molar-refractivity contribution in [1.29, 1.82) is 0 Å². The van der Waals surface area contributed by atoms with Crippen molar-refractivity contribution in [3.63, 3.8) is 0 Å². The summed E-state index contributed by atoms with van der Waals surface area (Å²) in [6, 6.07) is 5.04. The Morgan fingerprint density at radius 1 is 0.886 bits per heavy atom. The van der Waals surface area contributed by atoms with Gasteiger partial charge in [0.1, 0.15) is 5.75 Å². The Bertz CT molecular complexity index is 823. The van der Waals surface area contributed by atoms with Gasteiger partial charge in [-0.15, -0.1) is 0 Å². The molecule has 0 amide bonds. The van der Waals surface area contributed by atoms with E-state index in [9.17, 15) is 8.42 Å². The molecule has 0 N–H and O–H groups in total. The summed E-state index contributed by atoms with van der Waals surface area (Å²) in [5.74, 6) is 0.593. The van der Waals surface area contributed by atoms with Gasteiger partial charge >= 0.3 is 0 Å². The molecule has 1 aliphatic rings. The lowest BCUT2D eigenvalue weighted by Gasteiger charge is -2.36. The Balaban J connectivity index is -0.00000101. The van der Waals surface area contributed by atoms with Crippen LogP contribution in [0.15, 0.2) is 59.2 Å². The van der Waals surface area contributed by atoms with Crippen LogP contribution in [0.4, 0.5) is 0 Å². The monoisotopic (exact) mass is 512 g/mol. The predicted molar refractivity (Wildman–Crippen MR) is 153 cm³/mol. The van der Waals surface area contributed by atoms with E-state index in [-0.39, 0.29) is 4.90 Å². The number of rotatable bonds is 6. The second-order valence-corrected chi connectivity index (χ2v) is 8.47. The Morgan fingerprint density at radius 2 is 1.40 bits per heavy atom. The number of methoxy groups -OCH3 is 2. The normalized spacial score (nSPS) is 13.9. The number of hydrogen-bond donors (Lipinski definition) is 0. The van der Waals surface area contributed by atoms with Crippen LogP contribution in [0.25, 0.3) is 0 Å². The molecule has 1 fully saturated rings. The third kappa shape index (κ3) is 13.5. The van der Waals surface area contributed by atoms with E-state index < -0.39 is 10.0 Å². The van der Waals surface area contributed by atoms with Gasteiger partial charge < -0.3 is 14.4 Å². The molecule has 35 heavy (non-hydrogen) atoms. The third-order valence-corrected chi connectivity index (χ3v) is 6.38. The van der Waals surface area contributed by atoms with E-state index in [0.717, 1.165) is 11.3 Å². The van der Waals surface area contributed by atoms with E-state index in [1.807, 2.05) is 80.5 Å². The summed E-state index contributed by atoms with van der Waals surface area (Å²) in [6.07, 6.45) is 10.1. The molecule has 1 aliphatic heterocycles. The molecule has 0 saturated carbocycles. The maximum atomic E-state index is 12.9. The standard InChI is InChI=1S/C20H28N2O3S.C2H6O.3C2H6/c1-5-7-8-9-18(6-2)21-12-14-22(15-13-21)26(23,24)19-11-10-17(3)20(16-19)25-4;1-3-2;3*1-2/h5-11,16H,12-15H2,1-4H3;1-2H3;3*1-2H3/b7-5-,9-8-,18-6+;;;;. The van der Waals surface area contributed by atoms with Gasteiger partial charge in [-0.05, 0) is 38.5 Å². The summed E-state index contributed by atoms with van der Waals surface area (Å²) >= 11 is 0. The fraction of sp³-hybridized carbons (Fsp3) is 0.571. The van der Waals surface area contributed by atoms with Gasteiger partial charge in [-0.25, -0.2) is 8.42 Å². The van der Waals surface area contributed by atoms with E-state index in [1.54, 1.807) is 43.8 Å². The number of piperazine rings is 1. The molecule has 7 heteroatoms. The molecule has 204 valence electrons. The minimum atomic E-state index is -3.51. The number of benzene rings is 1. The van der Waals surface area contributed by atoms with Gasteiger partial charge in [-0.1, -0.05) is 71.9 Å². The van der Waals surface area contributed by atoms with Crippen LogP contribution in [0.2, 0.25) is 0 Å². The quantitative estimate of drug-likeness (QED) is 0.398. The first-order valence-electron chi connectivity index (χ1n) is 12.6. The molecular weight excluding hydrogens is 460 g/mol. The molecule has 0 radical (unpaired) electrons. The van der Waals surface area contributed by atoms with Crippen molar-refractivity contribution in [3.8, 4) is 5.75 Å². The van der Waals surface area contributed by atoms with Gasteiger partial charge in [0.15, 0.2) is 0 Å². The Labute approximate surface area is 217 Å². The number of hydrogen-bond acceptors (Lipinski definition) is 5. The number of sulfonamides is 1. The van der Waals surface area contributed by atoms with Gasteiger partial charge in [-0.2, -0.15) is 4.31 Å². The summed E-state index contributed by atoms with van der Waals surface area (Å²) in [5, 5.41) is 0. The summed E-state index contributed by atoms with van der Waals surface area (Å²) < 4.78 is 36.9. The predicted octanol–water partition coefficient (Wildman–Crippen LogP) is 6.69. The van der Waals surface area contributed by atoms with Crippen LogP contribution >= 0.6 is 0 Å². The first kappa shape index (κ1) is 37.5. The van der Waals surface area contributed by atoms with E-state index in [1.165, 1.54) is 0 Å². The number of aryl methyl sites for hydroxylation is 1. The fourth-order valence-electron chi connectivity index (χ4n) is 2.95. The van der Waals surface area contributed by atoms with E-state index in [2.05, 4.69) is 21.8 Å². The molecule has 1 saturated heterocycles. The Kier molecular flexibility index (Phi) is 25.3. The smallest absolute Gasteiger partial charge is 0.243 e. The molecule has 0 aromatic heterocycles.